The van der Waals surface area contributed by atoms with Gasteiger partial charge in [-0.3, -0.25) is 0 Å². The monoisotopic (exact) mass is 260 g/mol. The molecule has 6 heavy (non-hydrogen) atoms. The molecule has 0 atom stereocenters. The van der Waals surface area contributed by atoms with Gasteiger partial charge in [0, 0.05) is 0 Å². The molecule has 0 unspecified atom stereocenters. The Morgan fingerprint density at radius 2 is 1.17 bits per heavy atom. The number of hydrogen-bond acceptors (Lipinski definition) is 0. The normalized spacial score (nSPS) is 10.2. The molecule has 0 aromatic rings. The Morgan fingerprint density at radius 3 is 1.17 bits per heavy atom. The smallest absolute Gasteiger partial charge is 1.00 e. The van der Waals surface area contributed by atoms with Gasteiger partial charge in [-0.05, 0) is 0 Å². The van der Waals surface area contributed by atoms with Crippen molar-refractivity contribution in [1.82, 2.24) is 0 Å². The molecule has 0 aromatic carbocycles. The predicted octanol–water partition coefficient (Wildman–Crippen LogP) is -1.94. The molecule has 0 aliphatic carbocycles. The molecule has 0 saturated carbocycles. The zero-order valence-corrected chi connectivity index (χ0v) is 7.84. The maximum absolute atomic E-state index is 10.4. The summed E-state index contributed by atoms with van der Waals surface area (Å²) in [6.07, 6.45) is 0. The second-order valence-electron chi connectivity index (χ2n) is 0.615. The maximum Gasteiger partial charge on any atom is -1.00 e. The van der Waals surface area contributed by atoms with Crippen molar-refractivity contribution in [3.05, 3.63) is 0 Å². The van der Waals surface area contributed by atoms with Crippen LogP contribution in [0, 0.1) is 0 Å². The Hall–Kier alpha value is 1.14. The second kappa shape index (κ2) is 3.18. The van der Waals surface area contributed by atoms with Crippen molar-refractivity contribution in [2.45, 2.75) is 4.77 Å². The summed E-state index contributed by atoms with van der Waals surface area (Å²) in [5.74, 6) is 0. The summed E-state index contributed by atoms with van der Waals surface area (Å²) in [5, 5.41) is 0. The molecule has 0 spiro atoms. The molecule has 0 nitrogen and oxygen atoms in total. The van der Waals surface area contributed by atoms with Crippen LogP contribution in [0.5, 0.6) is 0 Å². The van der Waals surface area contributed by atoms with Crippen molar-refractivity contribution in [3.63, 3.8) is 0 Å². The zero-order valence-electron chi connectivity index (χ0n) is 2.72. The van der Waals surface area contributed by atoms with E-state index in [1.807, 2.05) is 0 Å². The van der Waals surface area contributed by atoms with Crippen molar-refractivity contribution in [2.75, 3.05) is 0 Å². The Kier molecular flexibility index (Phi) is 5.41. The van der Waals surface area contributed by atoms with Crippen LogP contribution in [0.25, 0.3) is 0 Å². The fraction of sp³-hybridized carbons (Fsp3) is 1.00. The first kappa shape index (κ1) is 10.2. The molecule has 0 aliphatic rings. The van der Waals surface area contributed by atoms with Gasteiger partial charge >= 0.3 is 36.2 Å². The molecular formula is CF3IZn. The molecule has 0 rings (SSSR count). The van der Waals surface area contributed by atoms with E-state index in [0.29, 0.717) is 0 Å². The van der Waals surface area contributed by atoms with Crippen molar-refractivity contribution in [3.8, 4) is 0 Å². The topological polar surface area (TPSA) is 0 Å². The summed E-state index contributed by atoms with van der Waals surface area (Å²) >= 11 is -0.604. The molecular weight excluding hydrogens is 261 g/mol. The van der Waals surface area contributed by atoms with Gasteiger partial charge in [-0.15, -0.1) is 0 Å². The Balaban J connectivity index is 0. The number of alkyl halides is 3. The van der Waals surface area contributed by atoms with Crippen LogP contribution in [0.2, 0.25) is 0 Å². The first-order valence-electron chi connectivity index (χ1n) is 0.921. The number of rotatable bonds is 0. The van der Waals surface area contributed by atoms with Gasteiger partial charge in [0.2, 0.25) is 0 Å². The fourth-order valence-corrected chi connectivity index (χ4v) is 0. The van der Waals surface area contributed by atoms with Gasteiger partial charge in [-0.1, -0.05) is 0 Å². The molecule has 0 heterocycles. The van der Waals surface area contributed by atoms with Gasteiger partial charge in [-0.2, -0.15) is 0 Å². The zero-order chi connectivity index (χ0) is 4.50. The molecule has 34 valence electrons. The van der Waals surface area contributed by atoms with Gasteiger partial charge < -0.3 is 24.0 Å². The average molecular weight is 261 g/mol. The molecule has 0 aliphatic heterocycles. The van der Waals surface area contributed by atoms with E-state index in [1.165, 1.54) is 0 Å². The van der Waals surface area contributed by atoms with E-state index in [2.05, 4.69) is 0 Å². The minimum atomic E-state index is -3.88. The van der Waals surface area contributed by atoms with Crippen molar-refractivity contribution in [2.24, 2.45) is 0 Å². The third kappa shape index (κ3) is 67.5. The van der Waals surface area contributed by atoms with Crippen LogP contribution in [-0.4, -0.2) is 4.77 Å². The van der Waals surface area contributed by atoms with Crippen LogP contribution < -0.4 is 24.0 Å². The molecule has 0 amide bonds. The van der Waals surface area contributed by atoms with E-state index in [1.54, 1.807) is 0 Å². The Labute approximate surface area is 60.2 Å². The molecule has 0 fully saturated rings. The molecule has 5 heteroatoms. The van der Waals surface area contributed by atoms with E-state index in [0.717, 1.165) is 0 Å². The van der Waals surface area contributed by atoms with Crippen LogP contribution in [0.15, 0.2) is 0 Å². The van der Waals surface area contributed by atoms with E-state index in [-0.39, 0.29) is 24.0 Å². The Morgan fingerprint density at radius 1 is 1.17 bits per heavy atom. The SMILES string of the molecule is F[C](F)(F)[Zn+].[I-]. The molecule has 0 radical (unpaired) electrons. The molecule has 0 saturated heterocycles. The summed E-state index contributed by atoms with van der Waals surface area (Å²) in [5.41, 5.74) is 0. The summed E-state index contributed by atoms with van der Waals surface area (Å²) in [7, 11) is 0. The second-order valence-corrected chi connectivity index (χ2v) is 2.30. The van der Waals surface area contributed by atoms with E-state index < -0.39 is 23.1 Å². The minimum absolute atomic E-state index is 0. The largest absolute Gasteiger partial charge is 1.00 e. The van der Waals surface area contributed by atoms with Gasteiger partial charge in [0.1, 0.15) is 0 Å². The Bertz CT molecular complexity index is 26.3. The van der Waals surface area contributed by atoms with Gasteiger partial charge in [0.05, 0.1) is 0 Å². The minimum Gasteiger partial charge on any atom is -1.00 e. The first-order valence-corrected chi connectivity index (χ1v) is 2.40. The van der Waals surface area contributed by atoms with Crippen molar-refractivity contribution in [1.29, 1.82) is 0 Å². The molecule has 0 bridgehead atoms. The van der Waals surface area contributed by atoms with Crippen molar-refractivity contribution < 1.29 is 55.5 Å². The van der Waals surface area contributed by atoms with E-state index in [4.69, 9.17) is 0 Å². The molecule has 0 N–H and O–H groups in total. The van der Waals surface area contributed by atoms with Crippen molar-refractivity contribution >= 4 is 0 Å². The van der Waals surface area contributed by atoms with Gasteiger partial charge in [0.15, 0.2) is 0 Å². The van der Waals surface area contributed by atoms with Crippen LogP contribution in [0.3, 0.4) is 0 Å². The first-order chi connectivity index (χ1) is 2.00. The van der Waals surface area contributed by atoms with E-state index >= 15 is 0 Å². The van der Waals surface area contributed by atoms with Gasteiger partial charge in [0.25, 0.3) is 0 Å². The summed E-state index contributed by atoms with van der Waals surface area (Å²) in [6.45, 7) is 0. The maximum atomic E-state index is 10.4. The van der Waals surface area contributed by atoms with Crippen LogP contribution >= 0.6 is 0 Å². The summed E-state index contributed by atoms with van der Waals surface area (Å²) in [6, 6.07) is 0. The van der Waals surface area contributed by atoms with Gasteiger partial charge in [-0.25, -0.2) is 0 Å². The average Bonchev–Trinajstić information content (AvgIpc) is 0.722. The van der Waals surface area contributed by atoms with Crippen LogP contribution in [0.4, 0.5) is 13.2 Å². The van der Waals surface area contributed by atoms with Crippen LogP contribution in [-0.2, 0) is 18.3 Å². The summed E-state index contributed by atoms with van der Waals surface area (Å²) < 4.78 is 27.4. The standard InChI is InChI=1S/CF3.HI.Zn/c2-1(3)4;;/h;1H;/q;;+1/p-1. The number of halogens is 4. The third-order valence-electron chi connectivity index (χ3n) is 0. The predicted molar refractivity (Wildman–Crippen MR) is 6.05 cm³/mol. The van der Waals surface area contributed by atoms with Crippen LogP contribution in [0.1, 0.15) is 0 Å². The quantitative estimate of drug-likeness (QED) is 0.351. The number of hydrogen-bond donors (Lipinski definition) is 0. The van der Waals surface area contributed by atoms with E-state index in [9.17, 15) is 13.2 Å². The summed E-state index contributed by atoms with van der Waals surface area (Å²) in [4.78, 5) is 0. The third-order valence-corrected chi connectivity index (χ3v) is 0. The fourth-order valence-electron chi connectivity index (χ4n) is 0. The molecule has 0 aromatic heterocycles.